The molecule has 202 valence electrons. The third-order valence-corrected chi connectivity index (χ3v) is 10.5. The van der Waals surface area contributed by atoms with Crippen molar-refractivity contribution in [1.82, 2.24) is 14.8 Å². The Hall–Kier alpha value is -2.05. The molecule has 1 unspecified atom stereocenters. The van der Waals surface area contributed by atoms with E-state index in [9.17, 15) is 22.8 Å². The fourth-order valence-electron chi connectivity index (χ4n) is 4.41. The van der Waals surface area contributed by atoms with Crippen molar-refractivity contribution in [3.8, 4) is 5.82 Å². The van der Waals surface area contributed by atoms with E-state index < -0.39 is 29.2 Å². The Morgan fingerprint density at radius 1 is 1.08 bits per heavy atom. The molecule has 0 radical (unpaired) electrons. The Morgan fingerprint density at radius 2 is 1.79 bits per heavy atom. The van der Waals surface area contributed by atoms with Gasteiger partial charge < -0.3 is 14.7 Å². The number of thioether (sulfide) groups is 1. The summed E-state index contributed by atoms with van der Waals surface area (Å²) in [5.74, 6) is 3.51. The second kappa shape index (κ2) is 10.8. The SMILES string of the molecule is O=P(O)(O)CN(c1ccc2c(ccn2-c2ccc(N3CCSCC3)nn2)c1)S(=O)(=O)C1C=C(Cl)C=C(Cl)C1. The summed E-state index contributed by atoms with van der Waals surface area (Å²) in [5, 5.41) is 8.63. The van der Waals surface area contributed by atoms with Crippen molar-refractivity contribution in [2.75, 3.05) is 40.1 Å². The van der Waals surface area contributed by atoms with E-state index in [0.717, 1.165) is 40.2 Å². The smallest absolute Gasteiger partial charge is 0.345 e. The number of fused-ring (bicyclic) bond motifs is 1. The van der Waals surface area contributed by atoms with Crippen molar-refractivity contribution in [2.24, 2.45) is 0 Å². The number of allylic oxidation sites excluding steroid dienone is 3. The summed E-state index contributed by atoms with van der Waals surface area (Å²) in [6.07, 6.45) is 3.47. The van der Waals surface area contributed by atoms with Crippen LogP contribution in [-0.2, 0) is 14.6 Å². The number of sulfonamides is 1. The number of benzene rings is 1. The Labute approximate surface area is 234 Å². The maximum Gasteiger partial charge on any atom is 0.345 e. The first-order valence-electron chi connectivity index (χ1n) is 11.6. The predicted octanol–water partition coefficient (Wildman–Crippen LogP) is 4.26. The topological polar surface area (TPSA) is 129 Å². The lowest BCUT2D eigenvalue weighted by Gasteiger charge is -2.29. The molecule has 1 aromatic carbocycles. The molecule has 10 nitrogen and oxygen atoms in total. The van der Waals surface area contributed by atoms with Crippen molar-refractivity contribution in [3.05, 3.63) is 64.8 Å². The number of hydrogen-bond donors (Lipinski definition) is 2. The lowest BCUT2D eigenvalue weighted by molar-refractivity contribution is 0.373. The Morgan fingerprint density at radius 3 is 2.45 bits per heavy atom. The summed E-state index contributed by atoms with van der Waals surface area (Å²) in [4.78, 5) is 21.6. The van der Waals surface area contributed by atoms with Crippen molar-refractivity contribution in [2.45, 2.75) is 11.7 Å². The molecule has 1 aliphatic carbocycles. The number of halogens is 2. The first-order chi connectivity index (χ1) is 18.0. The van der Waals surface area contributed by atoms with Crippen molar-refractivity contribution >= 4 is 75.0 Å². The highest BCUT2D eigenvalue weighted by Crippen LogP contribution is 2.41. The summed E-state index contributed by atoms with van der Waals surface area (Å²) in [7, 11) is -9.05. The second-order valence-electron chi connectivity index (χ2n) is 8.86. The van der Waals surface area contributed by atoms with Gasteiger partial charge in [-0.2, -0.15) is 11.8 Å². The lowest BCUT2D eigenvalue weighted by atomic mass is 10.2. The molecule has 0 bridgehead atoms. The van der Waals surface area contributed by atoms with Crippen LogP contribution in [0.5, 0.6) is 0 Å². The van der Waals surface area contributed by atoms with Crippen LogP contribution in [0.15, 0.2) is 64.8 Å². The molecule has 0 saturated carbocycles. The van der Waals surface area contributed by atoms with Gasteiger partial charge in [-0.1, -0.05) is 23.2 Å². The number of aromatic nitrogens is 3. The molecule has 2 N–H and O–H groups in total. The highest BCUT2D eigenvalue weighted by Gasteiger charge is 2.36. The molecule has 0 amide bonds. The van der Waals surface area contributed by atoms with Crippen molar-refractivity contribution < 1.29 is 22.8 Å². The van der Waals surface area contributed by atoms with Crippen LogP contribution in [0.1, 0.15) is 6.42 Å². The van der Waals surface area contributed by atoms with Crippen LogP contribution in [-0.4, -0.2) is 69.1 Å². The maximum atomic E-state index is 13.5. The van der Waals surface area contributed by atoms with Crippen LogP contribution < -0.4 is 9.21 Å². The molecule has 5 rings (SSSR count). The van der Waals surface area contributed by atoms with Crippen LogP contribution >= 0.6 is 42.6 Å². The van der Waals surface area contributed by atoms with Gasteiger partial charge in [-0.05, 0) is 48.6 Å². The third-order valence-electron chi connectivity index (χ3n) is 6.22. The van der Waals surface area contributed by atoms with Gasteiger partial charge in [0, 0.05) is 52.7 Å². The van der Waals surface area contributed by atoms with Gasteiger partial charge in [0.1, 0.15) is 11.5 Å². The maximum absolute atomic E-state index is 13.5. The van der Waals surface area contributed by atoms with E-state index in [4.69, 9.17) is 23.2 Å². The molecular weight excluding hydrogens is 592 g/mol. The van der Waals surface area contributed by atoms with E-state index in [0.29, 0.717) is 11.2 Å². The largest absolute Gasteiger partial charge is 0.353 e. The minimum atomic E-state index is -4.77. The standard InChI is InChI=1S/C23H24Cl2N5O5PS2/c24-17-12-18(25)14-20(13-17)38(34,35)30(15-36(31,32)33)19-1-2-21-16(11-19)5-6-29(21)23-4-3-22(26-27-23)28-7-9-37-10-8-28/h1-6,11-13,20H,7-10,14-15H2,(H2,31,32,33). The number of hydrogen-bond acceptors (Lipinski definition) is 7. The van der Waals surface area contributed by atoms with Crippen molar-refractivity contribution in [3.63, 3.8) is 0 Å². The normalized spacial score (nSPS) is 18.8. The molecule has 1 atom stereocenters. The fourth-order valence-corrected chi connectivity index (χ4v) is 9.14. The van der Waals surface area contributed by atoms with Crippen molar-refractivity contribution in [1.29, 1.82) is 0 Å². The molecule has 1 saturated heterocycles. The number of nitrogens with zero attached hydrogens (tertiary/aromatic N) is 5. The molecule has 2 aliphatic rings. The highest BCUT2D eigenvalue weighted by molar-refractivity contribution is 7.99. The Bertz CT molecular complexity index is 1570. The molecule has 38 heavy (non-hydrogen) atoms. The molecule has 0 spiro atoms. The molecule has 3 aromatic rings. The van der Waals surface area contributed by atoms with Gasteiger partial charge in [0.2, 0.25) is 10.0 Å². The summed E-state index contributed by atoms with van der Waals surface area (Å²) in [5.41, 5.74) is 0.837. The van der Waals surface area contributed by atoms with Gasteiger partial charge in [0.15, 0.2) is 11.6 Å². The monoisotopic (exact) mass is 615 g/mol. The molecule has 1 fully saturated rings. The van der Waals surface area contributed by atoms with Gasteiger partial charge in [0.05, 0.1) is 11.2 Å². The Balaban J connectivity index is 1.48. The summed E-state index contributed by atoms with van der Waals surface area (Å²) < 4.78 is 41.6. The van der Waals surface area contributed by atoms with Gasteiger partial charge in [-0.3, -0.25) is 13.4 Å². The van der Waals surface area contributed by atoms with Crippen LogP contribution in [0.3, 0.4) is 0 Å². The van der Waals surface area contributed by atoms with Crippen LogP contribution in [0.4, 0.5) is 11.5 Å². The van der Waals surface area contributed by atoms with E-state index in [2.05, 4.69) is 15.1 Å². The van der Waals surface area contributed by atoms with E-state index in [-0.39, 0.29) is 22.2 Å². The second-order valence-corrected chi connectivity index (χ2v) is 14.7. The van der Waals surface area contributed by atoms with Crippen LogP contribution in [0.25, 0.3) is 16.7 Å². The summed E-state index contributed by atoms with van der Waals surface area (Å²) >= 11 is 14.0. The molecule has 2 aromatic heterocycles. The zero-order valence-corrected chi connectivity index (χ0v) is 23.9. The molecular formula is C23H24Cl2N5O5PS2. The minimum Gasteiger partial charge on any atom is -0.353 e. The van der Waals surface area contributed by atoms with Gasteiger partial charge >= 0.3 is 7.60 Å². The van der Waals surface area contributed by atoms with Gasteiger partial charge in [-0.15, -0.1) is 10.2 Å². The minimum absolute atomic E-state index is 0.0542. The fraction of sp³-hybridized carbons (Fsp3) is 0.304. The summed E-state index contributed by atoms with van der Waals surface area (Å²) in [6, 6.07) is 10.3. The third kappa shape index (κ3) is 5.91. The van der Waals surface area contributed by atoms with E-state index in [1.54, 1.807) is 24.4 Å². The van der Waals surface area contributed by atoms with Crippen LogP contribution in [0, 0.1) is 0 Å². The molecule has 1 aliphatic heterocycles. The Kier molecular flexibility index (Phi) is 7.85. The molecule has 3 heterocycles. The molecule has 15 heteroatoms. The average Bonchev–Trinajstić information content (AvgIpc) is 3.30. The van der Waals surface area contributed by atoms with E-state index >= 15 is 0 Å². The van der Waals surface area contributed by atoms with Gasteiger partial charge in [0.25, 0.3) is 0 Å². The first kappa shape index (κ1) is 27.5. The zero-order valence-electron chi connectivity index (χ0n) is 19.9. The zero-order chi connectivity index (χ0) is 27.1. The number of anilines is 2. The average molecular weight is 616 g/mol. The van der Waals surface area contributed by atoms with E-state index in [1.807, 2.05) is 28.5 Å². The first-order valence-corrected chi connectivity index (χ1v) is 16.8. The highest BCUT2D eigenvalue weighted by atomic mass is 35.5. The van der Waals surface area contributed by atoms with Crippen LogP contribution in [0.2, 0.25) is 0 Å². The van der Waals surface area contributed by atoms with E-state index in [1.165, 1.54) is 18.2 Å². The quantitative estimate of drug-likeness (QED) is 0.374. The lowest BCUT2D eigenvalue weighted by Crippen LogP contribution is -2.39. The van der Waals surface area contributed by atoms with Gasteiger partial charge in [-0.25, -0.2) is 8.42 Å². The predicted molar refractivity (Wildman–Crippen MR) is 153 cm³/mol. The number of rotatable bonds is 7. The summed E-state index contributed by atoms with van der Waals surface area (Å²) in [6.45, 7) is 1.85.